The predicted octanol–water partition coefficient (Wildman–Crippen LogP) is 4.42. The Labute approximate surface area is 222 Å². The standard InChI is InChI=1S/C31H32N2O5/c1-30(2,3)33-26(35)21-14-13-20-22(24(21)28(33)37)16-23-27(36)32(18-10-6-5-7-11-18)29(38)31(23,4)25(20)17-9-8-12-19(34)15-17/h5-13,15,21-25,34H,14,16H2,1-4H3. The molecule has 0 aromatic heterocycles. The molecule has 1 saturated carbocycles. The SMILES string of the molecule is CC12C(=O)N(c3ccccc3)C(=O)C1CC1C(=CCC3C(=O)N(C(C)(C)C)C(=O)C31)C2c1cccc(O)c1. The molecule has 38 heavy (non-hydrogen) atoms. The molecular formula is C31H32N2O5. The summed E-state index contributed by atoms with van der Waals surface area (Å²) in [5.41, 5.74) is 0.415. The van der Waals surface area contributed by atoms with E-state index < -0.39 is 34.6 Å². The zero-order valence-electron chi connectivity index (χ0n) is 22.0. The number of imide groups is 2. The lowest BCUT2D eigenvalue weighted by Gasteiger charge is -2.49. The Morgan fingerprint density at radius 3 is 2.26 bits per heavy atom. The number of nitrogens with zero attached hydrogens (tertiary/aromatic N) is 2. The quantitative estimate of drug-likeness (QED) is 0.475. The number of carbonyl (C=O) groups is 4. The fourth-order valence-corrected chi connectivity index (χ4v) is 7.58. The highest BCUT2D eigenvalue weighted by Crippen LogP contribution is 2.63. The fourth-order valence-electron chi connectivity index (χ4n) is 7.58. The molecule has 0 radical (unpaired) electrons. The first kappa shape index (κ1) is 24.6. The lowest BCUT2D eigenvalue weighted by Crippen LogP contribution is -2.49. The molecule has 2 saturated heterocycles. The molecule has 6 atom stereocenters. The molecule has 6 unspecified atom stereocenters. The van der Waals surface area contributed by atoms with Crippen LogP contribution in [0.4, 0.5) is 5.69 Å². The Bertz CT molecular complexity index is 1410. The van der Waals surface area contributed by atoms with E-state index in [0.717, 1.165) is 11.1 Å². The molecule has 4 amide bonds. The zero-order valence-corrected chi connectivity index (χ0v) is 22.0. The summed E-state index contributed by atoms with van der Waals surface area (Å²) in [6, 6.07) is 15.8. The van der Waals surface area contributed by atoms with Gasteiger partial charge in [-0.05, 0) is 76.3 Å². The number of allylic oxidation sites excluding steroid dienone is 2. The molecule has 7 nitrogen and oxygen atoms in total. The van der Waals surface area contributed by atoms with Crippen molar-refractivity contribution in [2.24, 2.45) is 29.1 Å². The van der Waals surface area contributed by atoms with Crippen LogP contribution in [0.3, 0.4) is 0 Å². The number of likely N-dealkylation sites (tertiary alicyclic amines) is 1. The molecule has 4 aliphatic rings. The van der Waals surface area contributed by atoms with E-state index in [0.29, 0.717) is 18.5 Å². The second kappa shape index (κ2) is 8.13. The van der Waals surface area contributed by atoms with Crippen molar-refractivity contribution in [1.29, 1.82) is 0 Å². The van der Waals surface area contributed by atoms with Crippen LogP contribution in [0.25, 0.3) is 0 Å². The molecule has 6 rings (SSSR count). The number of phenolic OH excluding ortho intramolecular Hbond substituents is 1. The number of rotatable bonds is 2. The van der Waals surface area contributed by atoms with Crippen LogP contribution in [0.1, 0.15) is 52.0 Å². The van der Waals surface area contributed by atoms with E-state index in [-0.39, 0.29) is 35.3 Å². The Kier molecular flexibility index (Phi) is 5.26. The number of amides is 4. The molecule has 196 valence electrons. The largest absolute Gasteiger partial charge is 0.508 e. The van der Waals surface area contributed by atoms with Crippen molar-refractivity contribution in [2.45, 2.75) is 52.0 Å². The first-order valence-electron chi connectivity index (χ1n) is 13.3. The Hall–Kier alpha value is -3.74. The van der Waals surface area contributed by atoms with Crippen LogP contribution in [0.2, 0.25) is 0 Å². The number of phenols is 1. The van der Waals surface area contributed by atoms with Crippen LogP contribution in [-0.2, 0) is 19.2 Å². The molecule has 1 N–H and O–H groups in total. The summed E-state index contributed by atoms with van der Waals surface area (Å²) < 4.78 is 0. The monoisotopic (exact) mass is 512 g/mol. The molecule has 2 aliphatic carbocycles. The van der Waals surface area contributed by atoms with Crippen LogP contribution in [0.15, 0.2) is 66.2 Å². The summed E-state index contributed by atoms with van der Waals surface area (Å²) in [5, 5.41) is 10.4. The molecule has 2 heterocycles. The normalized spacial score (nSPS) is 32.7. The van der Waals surface area contributed by atoms with Gasteiger partial charge in [0.1, 0.15) is 5.75 Å². The van der Waals surface area contributed by atoms with Crippen LogP contribution in [-0.4, -0.2) is 39.2 Å². The van der Waals surface area contributed by atoms with E-state index >= 15 is 0 Å². The summed E-state index contributed by atoms with van der Waals surface area (Å²) in [4.78, 5) is 58.2. The van der Waals surface area contributed by atoms with Crippen LogP contribution in [0, 0.1) is 29.1 Å². The molecule has 7 heteroatoms. The van der Waals surface area contributed by atoms with Gasteiger partial charge in [0.05, 0.1) is 28.9 Å². The van der Waals surface area contributed by atoms with Gasteiger partial charge in [-0.25, -0.2) is 4.90 Å². The Balaban J connectivity index is 1.52. The zero-order chi connectivity index (χ0) is 27.1. The number of hydrogen-bond donors (Lipinski definition) is 1. The van der Waals surface area contributed by atoms with Crippen molar-refractivity contribution in [2.75, 3.05) is 4.90 Å². The highest BCUT2D eigenvalue weighted by molar-refractivity contribution is 6.24. The maximum absolute atomic E-state index is 14.2. The topological polar surface area (TPSA) is 95.0 Å². The van der Waals surface area contributed by atoms with E-state index in [1.165, 1.54) is 9.80 Å². The van der Waals surface area contributed by atoms with Gasteiger partial charge in [-0.3, -0.25) is 24.1 Å². The fraction of sp³-hybridized carbons (Fsp3) is 0.419. The predicted molar refractivity (Wildman–Crippen MR) is 141 cm³/mol. The van der Waals surface area contributed by atoms with Crippen LogP contribution >= 0.6 is 0 Å². The van der Waals surface area contributed by atoms with Gasteiger partial charge in [0.25, 0.3) is 0 Å². The van der Waals surface area contributed by atoms with Crippen molar-refractivity contribution < 1.29 is 24.3 Å². The van der Waals surface area contributed by atoms with Crippen molar-refractivity contribution in [3.63, 3.8) is 0 Å². The third kappa shape index (κ3) is 3.20. The van der Waals surface area contributed by atoms with E-state index in [1.807, 2.05) is 45.9 Å². The van der Waals surface area contributed by atoms with Crippen molar-refractivity contribution in [3.8, 4) is 5.75 Å². The van der Waals surface area contributed by atoms with Gasteiger partial charge < -0.3 is 5.11 Å². The summed E-state index contributed by atoms with van der Waals surface area (Å²) in [7, 11) is 0. The first-order chi connectivity index (χ1) is 18.0. The van der Waals surface area contributed by atoms with Crippen molar-refractivity contribution in [1.82, 2.24) is 4.90 Å². The Morgan fingerprint density at radius 2 is 1.61 bits per heavy atom. The van der Waals surface area contributed by atoms with Gasteiger partial charge in [0.2, 0.25) is 23.6 Å². The van der Waals surface area contributed by atoms with E-state index in [4.69, 9.17) is 0 Å². The number of aromatic hydroxyl groups is 1. The summed E-state index contributed by atoms with van der Waals surface area (Å²) in [5.74, 6) is -3.42. The second-order valence-electron chi connectivity index (χ2n) is 12.3. The molecular weight excluding hydrogens is 480 g/mol. The number of carbonyl (C=O) groups excluding carboxylic acids is 4. The van der Waals surface area contributed by atoms with E-state index in [2.05, 4.69) is 0 Å². The highest BCUT2D eigenvalue weighted by Gasteiger charge is 2.68. The molecule has 2 aliphatic heterocycles. The van der Waals surface area contributed by atoms with Crippen molar-refractivity contribution in [3.05, 3.63) is 71.8 Å². The minimum absolute atomic E-state index is 0.0711. The van der Waals surface area contributed by atoms with Gasteiger partial charge in [-0.15, -0.1) is 0 Å². The minimum atomic E-state index is -1.11. The average molecular weight is 513 g/mol. The van der Waals surface area contributed by atoms with Gasteiger partial charge >= 0.3 is 0 Å². The Morgan fingerprint density at radius 1 is 0.895 bits per heavy atom. The summed E-state index contributed by atoms with van der Waals surface area (Å²) in [6.07, 6.45) is 2.76. The summed E-state index contributed by atoms with van der Waals surface area (Å²) in [6.45, 7) is 7.43. The second-order valence-corrected chi connectivity index (χ2v) is 12.3. The smallest absolute Gasteiger partial charge is 0.241 e. The number of benzene rings is 2. The number of para-hydroxylation sites is 1. The molecule has 2 aromatic carbocycles. The highest BCUT2D eigenvalue weighted by atomic mass is 16.3. The van der Waals surface area contributed by atoms with E-state index in [9.17, 15) is 24.3 Å². The number of anilines is 1. The average Bonchev–Trinajstić information content (AvgIpc) is 3.24. The third-order valence-corrected chi connectivity index (χ3v) is 9.16. The molecule has 3 fully saturated rings. The van der Waals surface area contributed by atoms with E-state index in [1.54, 1.807) is 42.5 Å². The first-order valence-corrected chi connectivity index (χ1v) is 13.3. The van der Waals surface area contributed by atoms with Gasteiger partial charge in [-0.1, -0.05) is 42.0 Å². The summed E-state index contributed by atoms with van der Waals surface area (Å²) >= 11 is 0. The lowest BCUT2D eigenvalue weighted by molar-refractivity contribution is -0.145. The molecule has 0 spiro atoms. The van der Waals surface area contributed by atoms with Crippen molar-refractivity contribution >= 4 is 29.3 Å². The number of fused-ring (bicyclic) bond motifs is 4. The molecule has 0 bridgehead atoms. The number of hydrogen-bond acceptors (Lipinski definition) is 5. The maximum Gasteiger partial charge on any atom is 0.241 e. The maximum atomic E-state index is 14.2. The van der Waals surface area contributed by atoms with Gasteiger partial charge in [-0.2, -0.15) is 0 Å². The van der Waals surface area contributed by atoms with Gasteiger partial charge in [0, 0.05) is 11.5 Å². The minimum Gasteiger partial charge on any atom is -0.508 e. The lowest BCUT2D eigenvalue weighted by atomic mass is 9.51. The van der Waals surface area contributed by atoms with Crippen LogP contribution < -0.4 is 4.90 Å². The molecule has 2 aromatic rings. The van der Waals surface area contributed by atoms with Gasteiger partial charge in [0.15, 0.2) is 0 Å². The van der Waals surface area contributed by atoms with Crippen LogP contribution in [0.5, 0.6) is 5.75 Å². The third-order valence-electron chi connectivity index (χ3n) is 9.16.